The Morgan fingerprint density at radius 1 is 1.19 bits per heavy atom. The van der Waals surface area contributed by atoms with Gasteiger partial charge in [-0.25, -0.2) is 0 Å². The van der Waals surface area contributed by atoms with Gasteiger partial charge in [-0.3, -0.25) is 4.99 Å². The molecular weight excluding hydrogens is 328 g/mol. The predicted molar refractivity (Wildman–Crippen MR) is 108 cm³/mol. The summed E-state index contributed by atoms with van der Waals surface area (Å²) in [7, 11) is 0. The summed E-state index contributed by atoms with van der Waals surface area (Å²) in [6.45, 7) is 12.1. The zero-order valence-corrected chi connectivity index (χ0v) is 17.0. The van der Waals surface area contributed by atoms with Gasteiger partial charge in [0.05, 0.1) is 12.7 Å². The first-order valence-corrected chi connectivity index (χ1v) is 10.7. The molecule has 0 bridgehead atoms. The molecule has 0 aromatic rings. The zero-order chi connectivity index (χ0) is 18.5. The number of guanidine groups is 1. The van der Waals surface area contributed by atoms with Crippen molar-refractivity contribution in [1.82, 2.24) is 15.5 Å². The molecule has 0 spiro atoms. The molecule has 2 N–H and O–H groups in total. The molecule has 0 saturated carbocycles. The highest BCUT2D eigenvalue weighted by atomic mass is 16.5. The van der Waals surface area contributed by atoms with E-state index in [1.165, 1.54) is 45.2 Å². The summed E-state index contributed by atoms with van der Waals surface area (Å²) in [5, 5.41) is 6.79. The molecule has 2 rings (SSSR count). The van der Waals surface area contributed by atoms with E-state index in [0.29, 0.717) is 6.10 Å². The Bertz CT molecular complexity index is 386. The van der Waals surface area contributed by atoms with Gasteiger partial charge in [-0.05, 0) is 65.5 Å². The number of aliphatic imine (C=N–C) groups is 1. The lowest BCUT2D eigenvalue weighted by Gasteiger charge is -2.33. The summed E-state index contributed by atoms with van der Waals surface area (Å²) in [5.74, 6) is 0.933. The highest BCUT2D eigenvalue weighted by Gasteiger charge is 2.17. The van der Waals surface area contributed by atoms with Crippen LogP contribution in [0.1, 0.15) is 58.8 Å². The van der Waals surface area contributed by atoms with Crippen molar-refractivity contribution in [2.24, 2.45) is 4.99 Å². The maximum atomic E-state index is 5.78. The average molecular weight is 369 g/mol. The van der Waals surface area contributed by atoms with E-state index in [9.17, 15) is 0 Å². The highest BCUT2D eigenvalue weighted by molar-refractivity contribution is 5.79. The third-order valence-electron chi connectivity index (χ3n) is 5.26. The predicted octanol–water partition coefficient (Wildman–Crippen LogP) is 2.39. The molecule has 0 amide bonds. The van der Waals surface area contributed by atoms with E-state index >= 15 is 0 Å². The van der Waals surface area contributed by atoms with Crippen LogP contribution in [0.3, 0.4) is 0 Å². The van der Waals surface area contributed by atoms with Crippen LogP contribution in [-0.2, 0) is 9.47 Å². The Morgan fingerprint density at radius 2 is 2.12 bits per heavy atom. The van der Waals surface area contributed by atoms with Crippen LogP contribution in [-0.4, -0.2) is 75.5 Å². The first kappa shape index (κ1) is 21.5. The van der Waals surface area contributed by atoms with Crippen LogP contribution in [0.15, 0.2) is 4.99 Å². The first-order chi connectivity index (χ1) is 12.8. The van der Waals surface area contributed by atoms with E-state index in [4.69, 9.17) is 9.47 Å². The minimum Gasteiger partial charge on any atom is -0.379 e. The molecular formula is C20H40N4O2. The second-order valence-corrected chi connectivity index (χ2v) is 7.49. The van der Waals surface area contributed by atoms with Crippen molar-refractivity contribution >= 4 is 5.96 Å². The van der Waals surface area contributed by atoms with Crippen molar-refractivity contribution in [1.29, 1.82) is 0 Å². The maximum absolute atomic E-state index is 5.78. The fourth-order valence-electron chi connectivity index (χ4n) is 3.63. The monoisotopic (exact) mass is 368 g/mol. The number of ether oxygens (including phenoxy) is 2. The second-order valence-electron chi connectivity index (χ2n) is 7.49. The minimum atomic E-state index is 0.299. The molecule has 2 heterocycles. The van der Waals surface area contributed by atoms with Crippen LogP contribution in [0.25, 0.3) is 0 Å². The second kappa shape index (κ2) is 13.3. The van der Waals surface area contributed by atoms with E-state index in [-0.39, 0.29) is 0 Å². The molecule has 6 heteroatoms. The zero-order valence-electron chi connectivity index (χ0n) is 17.0. The van der Waals surface area contributed by atoms with Crippen molar-refractivity contribution in [3.8, 4) is 0 Å². The summed E-state index contributed by atoms with van der Waals surface area (Å²) in [4.78, 5) is 7.30. The van der Waals surface area contributed by atoms with E-state index in [2.05, 4.69) is 34.4 Å². The smallest absolute Gasteiger partial charge is 0.191 e. The molecule has 0 aromatic heterocycles. The largest absolute Gasteiger partial charge is 0.379 e. The van der Waals surface area contributed by atoms with Gasteiger partial charge in [-0.15, -0.1) is 0 Å². The quantitative estimate of drug-likeness (QED) is 0.333. The van der Waals surface area contributed by atoms with Crippen molar-refractivity contribution < 1.29 is 9.47 Å². The molecule has 0 aromatic carbocycles. The number of hydrogen-bond acceptors (Lipinski definition) is 4. The molecule has 2 aliphatic rings. The molecule has 2 unspecified atom stereocenters. The summed E-state index contributed by atoms with van der Waals surface area (Å²) >= 11 is 0. The van der Waals surface area contributed by atoms with E-state index < -0.39 is 0 Å². The topological polar surface area (TPSA) is 58.1 Å². The molecule has 2 aliphatic heterocycles. The number of piperidine rings is 1. The summed E-state index contributed by atoms with van der Waals surface area (Å²) in [6.07, 6.45) is 8.88. The fraction of sp³-hybridized carbons (Fsp3) is 0.950. The first-order valence-electron chi connectivity index (χ1n) is 10.7. The third-order valence-corrected chi connectivity index (χ3v) is 5.26. The lowest BCUT2D eigenvalue weighted by molar-refractivity contribution is 0.0424. The van der Waals surface area contributed by atoms with Gasteiger partial charge in [0.15, 0.2) is 5.96 Å². The summed E-state index contributed by atoms with van der Waals surface area (Å²) in [6, 6.07) is 0.772. The maximum Gasteiger partial charge on any atom is 0.191 e. The van der Waals surface area contributed by atoms with Gasteiger partial charge in [-0.1, -0.05) is 6.42 Å². The van der Waals surface area contributed by atoms with E-state index in [1.54, 1.807) is 0 Å². The van der Waals surface area contributed by atoms with Crippen LogP contribution in [0.5, 0.6) is 0 Å². The Balaban J connectivity index is 1.51. The number of nitrogens with one attached hydrogen (secondary N) is 2. The Morgan fingerprint density at radius 3 is 2.88 bits per heavy atom. The van der Waals surface area contributed by atoms with Crippen LogP contribution >= 0.6 is 0 Å². The van der Waals surface area contributed by atoms with Gasteiger partial charge >= 0.3 is 0 Å². The normalized spacial score (nSPS) is 24.8. The van der Waals surface area contributed by atoms with Crippen LogP contribution in [0, 0.1) is 0 Å². The van der Waals surface area contributed by atoms with Crippen molar-refractivity contribution in [3.05, 3.63) is 0 Å². The van der Waals surface area contributed by atoms with Crippen LogP contribution < -0.4 is 10.6 Å². The number of rotatable bonds is 11. The molecule has 2 saturated heterocycles. The van der Waals surface area contributed by atoms with Gasteiger partial charge in [-0.2, -0.15) is 0 Å². The SMILES string of the molecule is CCNC(=NCCCOC1CCOC1)NCCCCN1CCCCC1C. The van der Waals surface area contributed by atoms with Crippen molar-refractivity contribution in [2.75, 3.05) is 52.5 Å². The molecule has 2 fully saturated rings. The number of nitrogens with zero attached hydrogens (tertiary/aromatic N) is 2. The Kier molecular flexibility index (Phi) is 11.0. The highest BCUT2D eigenvalue weighted by Crippen LogP contribution is 2.16. The number of likely N-dealkylation sites (tertiary alicyclic amines) is 1. The summed E-state index contributed by atoms with van der Waals surface area (Å²) in [5.41, 5.74) is 0. The van der Waals surface area contributed by atoms with E-state index in [1.807, 2.05) is 0 Å². The molecule has 152 valence electrons. The van der Waals surface area contributed by atoms with Gasteiger partial charge < -0.3 is 25.0 Å². The average Bonchev–Trinajstić information content (AvgIpc) is 3.16. The number of unbranched alkanes of at least 4 members (excludes halogenated alkanes) is 1. The lowest BCUT2D eigenvalue weighted by Crippen LogP contribution is -2.39. The van der Waals surface area contributed by atoms with Crippen LogP contribution in [0.4, 0.5) is 0 Å². The standard InChI is InChI=1S/C20H40N4O2/c1-3-21-20(23-12-8-15-26-19-10-16-25-17-19)22-11-5-7-14-24-13-6-4-9-18(24)2/h18-19H,3-17H2,1-2H3,(H2,21,22,23). The van der Waals surface area contributed by atoms with Crippen LogP contribution in [0.2, 0.25) is 0 Å². The van der Waals surface area contributed by atoms with Gasteiger partial charge in [0.1, 0.15) is 0 Å². The van der Waals surface area contributed by atoms with Gasteiger partial charge in [0, 0.05) is 38.9 Å². The molecule has 2 atom stereocenters. The fourth-order valence-corrected chi connectivity index (χ4v) is 3.63. The molecule has 0 aliphatic carbocycles. The van der Waals surface area contributed by atoms with E-state index in [0.717, 1.165) is 64.3 Å². The van der Waals surface area contributed by atoms with Crippen molar-refractivity contribution in [3.63, 3.8) is 0 Å². The van der Waals surface area contributed by atoms with Gasteiger partial charge in [0.25, 0.3) is 0 Å². The Labute approximate surface area is 160 Å². The van der Waals surface area contributed by atoms with Gasteiger partial charge in [0.2, 0.25) is 0 Å². The summed E-state index contributed by atoms with van der Waals surface area (Å²) < 4.78 is 11.1. The van der Waals surface area contributed by atoms with Crippen molar-refractivity contribution in [2.45, 2.75) is 70.9 Å². The molecule has 6 nitrogen and oxygen atoms in total. The molecule has 0 radical (unpaired) electrons. The Hall–Kier alpha value is -0.850. The third kappa shape index (κ3) is 8.69. The molecule has 26 heavy (non-hydrogen) atoms. The lowest BCUT2D eigenvalue weighted by atomic mass is 10.0. The number of hydrogen-bond donors (Lipinski definition) is 2. The minimum absolute atomic E-state index is 0.299.